The second kappa shape index (κ2) is 9.35. The van der Waals surface area contributed by atoms with E-state index < -0.39 is 5.97 Å². The molecule has 0 N–H and O–H groups in total. The molecule has 158 valence electrons. The van der Waals surface area contributed by atoms with Crippen molar-refractivity contribution in [1.29, 1.82) is 0 Å². The van der Waals surface area contributed by atoms with E-state index >= 15 is 0 Å². The maximum atomic E-state index is 12.4. The summed E-state index contributed by atoms with van der Waals surface area (Å²) in [6, 6.07) is 11.4. The predicted molar refractivity (Wildman–Crippen MR) is 117 cm³/mol. The number of carbonyl (C=O) groups excluding carboxylic acids is 1. The molecule has 0 spiro atoms. The predicted octanol–water partition coefficient (Wildman–Crippen LogP) is 3.90. The third-order valence-electron chi connectivity index (χ3n) is 4.86. The number of anilines is 1. The Morgan fingerprint density at radius 1 is 0.967 bits per heavy atom. The molecular formula is C23H26N2O5. The minimum absolute atomic E-state index is 0.185. The minimum Gasteiger partial charge on any atom is -0.493 e. The van der Waals surface area contributed by atoms with Crippen LogP contribution in [0.1, 0.15) is 25.0 Å². The van der Waals surface area contributed by atoms with E-state index in [0.717, 1.165) is 24.3 Å². The molecular weight excluding hydrogens is 384 g/mol. The number of aliphatic imine (C=N–C) groups is 1. The van der Waals surface area contributed by atoms with Crippen LogP contribution in [0.2, 0.25) is 0 Å². The molecule has 0 unspecified atom stereocenters. The van der Waals surface area contributed by atoms with Gasteiger partial charge in [-0.1, -0.05) is 12.1 Å². The number of ether oxygens (including phenoxy) is 4. The molecule has 1 aliphatic rings. The number of carbonyl (C=O) groups is 1. The summed E-state index contributed by atoms with van der Waals surface area (Å²) in [7, 11) is 4.58. The van der Waals surface area contributed by atoms with E-state index in [1.54, 1.807) is 18.2 Å². The summed E-state index contributed by atoms with van der Waals surface area (Å²) >= 11 is 0. The quantitative estimate of drug-likeness (QED) is 0.486. The van der Waals surface area contributed by atoms with Crippen LogP contribution < -0.4 is 19.1 Å². The van der Waals surface area contributed by atoms with Crippen LogP contribution in [0.15, 0.2) is 47.1 Å². The second-order valence-electron chi connectivity index (χ2n) is 6.51. The Labute approximate surface area is 176 Å². The van der Waals surface area contributed by atoms with Crippen LogP contribution >= 0.6 is 0 Å². The van der Waals surface area contributed by atoms with E-state index in [9.17, 15) is 4.79 Å². The first-order valence-corrected chi connectivity index (χ1v) is 9.72. The van der Waals surface area contributed by atoms with Gasteiger partial charge in [-0.15, -0.1) is 0 Å². The van der Waals surface area contributed by atoms with Gasteiger partial charge in [0.15, 0.2) is 17.2 Å². The van der Waals surface area contributed by atoms with Crippen LogP contribution in [0.5, 0.6) is 17.2 Å². The molecule has 0 fully saturated rings. The highest BCUT2D eigenvalue weighted by atomic mass is 16.6. The molecule has 0 aromatic heterocycles. The largest absolute Gasteiger partial charge is 0.493 e. The van der Waals surface area contributed by atoms with Gasteiger partial charge in [-0.2, -0.15) is 0 Å². The zero-order valence-electron chi connectivity index (χ0n) is 17.9. The molecule has 0 saturated heterocycles. The first kappa shape index (κ1) is 21.2. The molecule has 1 heterocycles. The summed E-state index contributed by atoms with van der Waals surface area (Å²) in [6.07, 6.45) is 1.71. The highest BCUT2D eigenvalue weighted by molar-refractivity contribution is 6.13. The molecule has 7 nitrogen and oxygen atoms in total. The fourth-order valence-electron chi connectivity index (χ4n) is 3.27. The average Bonchev–Trinajstić information content (AvgIpc) is 3.14. The number of esters is 1. The molecule has 0 bridgehead atoms. The lowest BCUT2D eigenvalue weighted by atomic mass is 10.1. The summed E-state index contributed by atoms with van der Waals surface area (Å²) in [5, 5.41) is 0. The number of hydrogen-bond acceptors (Lipinski definition) is 7. The Hall–Kier alpha value is -3.48. The molecule has 0 amide bonds. The average molecular weight is 410 g/mol. The smallest absolute Gasteiger partial charge is 0.363 e. The van der Waals surface area contributed by atoms with Gasteiger partial charge in [-0.25, -0.2) is 9.79 Å². The van der Waals surface area contributed by atoms with Gasteiger partial charge in [0, 0.05) is 24.3 Å². The van der Waals surface area contributed by atoms with E-state index in [2.05, 4.69) is 23.7 Å². The summed E-state index contributed by atoms with van der Waals surface area (Å²) in [5.41, 5.74) is 2.79. The van der Waals surface area contributed by atoms with Crippen molar-refractivity contribution in [1.82, 2.24) is 0 Å². The van der Waals surface area contributed by atoms with Crippen LogP contribution in [0.4, 0.5) is 5.69 Å². The van der Waals surface area contributed by atoms with Crippen molar-refractivity contribution < 1.29 is 23.7 Å². The Balaban J connectivity index is 1.91. The van der Waals surface area contributed by atoms with Crippen molar-refractivity contribution in [3.8, 4) is 17.2 Å². The second-order valence-corrected chi connectivity index (χ2v) is 6.51. The fraction of sp³-hybridized carbons (Fsp3) is 0.304. The maximum absolute atomic E-state index is 12.4. The Bertz CT molecular complexity index is 951. The maximum Gasteiger partial charge on any atom is 0.363 e. The number of hydrogen-bond donors (Lipinski definition) is 0. The fourth-order valence-corrected chi connectivity index (χ4v) is 3.27. The highest BCUT2D eigenvalue weighted by Gasteiger charge is 2.26. The first-order valence-electron chi connectivity index (χ1n) is 9.72. The lowest BCUT2D eigenvalue weighted by Gasteiger charge is -2.20. The molecule has 2 aromatic rings. The van der Waals surface area contributed by atoms with Crippen LogP contribution in [-0.2, 0) is 9.53 Å². The molecule has 7 heteroatoms. The summed E-state index contributed by atoms with van der Waals surface area (Å²) in [6.45, 7) is 6.11. The molecule has 0 aliphatic carbocycles. The van der Waals surface area contributed by atoms with E-state index in [4.69, 9.17) is 18.9 Å². The van der Waals surface area contributed by atoms with Crippen molar-refractivity contribution in [2.75, 3.05) is 39.3 Å². The van der Waals surface area contributed by atoms with Crippen molar-refractivity contribution >= 4 is 23.6 Å². The lowest BCUT2D eigenvalue weighted by Crippen LogP contribution is -2.21. The molecule has 0 saturated carbocycles. The standard InChI is InChI=1S/C23H26N2O5/c1-6-25(7-2)17-10-8-15(9-11-17)12-18-23(26)30-22(24-18)16-13-19(27-3)21(29-5)20(14-16)28-4/h8-14H,6-7H2,1-5H3. The van der Waals surface area contributed by atoms with Gasteiger partial charge in [0.05, 0.1) is 21.3 Å². The summed E-state index contributed by atoms with van der Waals surface area (Å²) < 4.78 is 21.4. The van der Waals surface area contributed by atoms with Crippen molar-refractivity contribution in [2.45, 2.75) is 13.8 Å². The summed E-state index contributed by atoms with van der Waals surface area (Å²) in [5.74, 6) is 1.04. The Morgan fingerprint density at radius 3 is 2.07 bits per heavy atom. The van der Waals surface area contributed by atoms with Gasteiger partial charge in [0.25, 0.3) is 0 Å². The zero-order valence-corrected chi connectivity index (χ0v) is 17.9. The molecule has 30 heavy (non-hydrogen) atoms. The van der Waals surface area contributed by atoms with Gasteiger partial charge < -0.3 is 23.8 Å². The van der Waals surface area contributed by atoms with Gasteiger partial charge in [-0.3, -0.25) is 0 Å². The van der Waals surface area contributed by atoms with Crippen LogP contribution in [0.25, 0.3) is 6.08 Å². The third-order valence-corrected chi connectivity index (χ3v) is 4.86. The number of benzene rings is 2. The van der Waals surface area contributed by atoms with Gasteiger partial charge in [0.2, 0.25) is 11.6 Å². The van der Waals surface area contributed by atoms with Crippen LogP contribution in [0.3, 0.4) is 0 Å². The zero-order chi connectivity index (χ0) is 21.7. The van der Waals surface area contributed by atoms with Gasteiger partial charge >= 0.3 is 5.97 Å². The van der Waals surface area contributed by atoms with Crippen molar-refractivity contribution in [3.63, 3.8) is 0 Å². The number of cyclic esters (lactones) is 1. The minimum atomic E-state index is -0.508. The molecule has 3 rings (SSSR count). The number of nitrogens with zero attached hydrogens (tertiary/aromatic N) is 2. The van der Waals surface area contributed by atoms with Crippen LogP contribution in [-0.4, -0.2) is 46.3 Å². The van der Waals surface area contributed by atoms with Crippen LogP contribution in [0, 0.1) is 0 Å². The SMILES string of the molecule is CCN(CC)c1ccc(C=C2N=C(c3cc(OC)c(OC)c(OC)c3)OC2=O)cc1. The van der Waals surface area contributed by atoms with Crippen molar-refractivity contribution in [3.05, 3.63) is 53.2 Å². The number of rotatable bonds is 8. The van der Waals surface area contributed by atoms with E-state index in [1.165, 1.54) is 21.3 Å². The molecule has 2 aromatic carbocycles. The van der Waals surface area contributed by atoms with E-state index in [1.807, 2.05) is 24.3 Å². The first-order chi connectivity index (χ1) is 14.5. The molecule has 0 atom stereocenters. The Kier molecular flexibility index (Phi) is 6.61. The normalized spacial score (nSPS) is 14.4. The summed E-state index contributed by atoms with van der Waals surface area (Å²) in [4.78, 5) is 19.0. The van der Waals surface area contributed by atoms with Crippen molar-refractivity contribution in [2.24, 2.45) is 4.99 Å². The van der Waals surface area contributed by atoms with Gasteiger partial charge in [-0.05, 0) is 49.8 Å². The van der Waals surface area contributed by atoms with Gasteiger partial charge in [0.1, 0.15) is 0 Å². The Morgan fingerprint density at radius 2 is 1.57 bits per heavy atom. The molecule has 0 radical (unpaired) electrons. The topological polar surface area (TPSA) is 69.6 Å². The highest BCUT2D eigenvalue weighted by Crippen LogP contribution is 2.39. The number of methoxy groups -OCH3 is 3. The van der Waals surface area contributed by atoms with E-state index in [-0.39, 0.29) is 11.6 Å². The third kappa shape index (κ3) is 4.25. The molecule has 1 aliphatic heterocycles. The van der Waals surface area contributed by atoms with E-state index in [0.29, 0.717) is 22.8 Å². The monoisotopic (exact) mass is 410 g/mol. The lowest BCUT2D eigenvalue weighted by molar-refractivity contribution is -0.129.